The quantitative estimate of drug-likeness (QED) is 0.566. The van der Waals surface area contributed by atoms with Gasteiger partial charge in [-0.1, -0.05) is 0 Å². The summed E-state index contributed by atoms with van der Waals surface area (Å²) in [7, 11) is 0. The van der Waals surface area contributed by atoms with E-state index in [9.17, 15) is 4.79 Å². The van der Waals surface area contributed by atoms with Crippen LogP contribution in [0.5, 0.6) is 0 Å². The average Bonchev–Trinajstić information content (AvgIpc) is 2.68. The van der Waals surface area contributed by atoms with Gasteiger partial charge >= 0.3 is 5.97 Å². The Labute approximate surface area is 98.9 Å². The molecule has 1 aromatic heterocycles. The maximum Gasteiger partial charge on any atom is 0.371 e. The van der Waals surface area contributed by atoms with E-state index in [4.69, 9.17) is 19.7 Å². The van der Waals surface area contributed by atoms with E-state index >= 15 is 0 Å². The third-order valence-electron chi connectivity index (χ3n) is 2.63. The molecule has 17 heavy (non-hydrogen) atoms. The number of rotatable bonds is 6. The van der Waals surface area contributed by atoms with E-state index in [1.165, 1.54) is 6.07 Å². The minimum Gasteiger partial charge on any atom is -0.475 e. The molecule has 0 aromatic carbocycles. The minimum atomic E-state index is -1.12. The molecule has 6 heteroatoms. The molecule has 1 aromatic rings. The Hall–Kier alpha value is -1.37. The van der Waals surface area contributed by atoms with Gasteiger partial charge < -0.3 is 25.1 Å². The Morgan fingerprint density at radius 3 is 2.47 bits per heavy atom. The Kier molecular flexibility index (Phi) is 4.28. The van der Waals surface area contributed by atoms with Gasteiger partial charge in [-0.2, -0.15) is 0 Å². The summed E-state index contributed by atoms with van der Waals surface area (Å²) in [6.07, 6.45) is 0. The SMILES string of the molecule is Cc1oc(C(=O)O)cc1CNC(C)(CO)CO. The molecule has 0 saturated carbocycles. The van der Waals surface area contributed by atoms with Crippen molar-refractivity contribution >= 4 is 5.97 Å². The molecule has 0 atom stereocenters. The van der Waals surface area contributed by atoms with Crippen LogP contribution in [0.15, 0.2) is 10.5 Å². The summed E-state index contributed by atoms with van der Waals surface area (Å²) < 4.78 is 5.04. The lowest BCUT2D eigenvalue weighted by Crippen LogP contribution is -2.48. The van der Waals surface area contributed by atoms with E-state index in [0.29, 0.717) is 17.9 Å². The molecule has 0 bridgehead atoms. The molecule has 0 aliphatic heterocycles. The zero-order valence-electron chi connectivity index (χ0n) is 9.86. The fourth-order valence-electron chi connectivity index (χ4n) is 1.27. The number of hydrogen-bond donors (Lipinski definition) is 4. The predicted octanol–water partition coefficient (Wildman–Crippen LogP) is 0.119. The number of aryl methyl sites for hydroxylation is 1. The van der Waals surface area contributed by atoms with Crippen LogP contribution in [0.25, 0.3) is 0 Å². The van der Waals surface area contributed by atoms with Gasteiger partial charge in [-0.3, -0.25) is 0 Å². The van der Waals surface area contributed by atoms with Crippen LogP contribution in [0.2, 0.25) is 0 Å². The number of nitrogens with one attached hydrogen (secondary N) is 1. The maximum atomic E-state index is 10.7. The van der Waals surface area contributed by atoms with Crippen molar-refractivity contribution in [3.8, 4) is 0 Å². The number of hydrogen-bond acceptors (Lipinski definition) is 5. The van der Waals surface area contributed by atoms with Crippen LogP contribution in [0.4, 0.5) is 0 Å². The number of furan rings is 1. The van der Waals surface area contributed by atoms with Gasteiger partial charge in [-0.25, -0.2) is 4.79 Å². The first kappa shape index (κ1) is 13.7. The summed E-state index contributed by atoms with van der Waals surface area (Å²) >= 11 is 0. The van der Waals surface area contributed by atoms with Crippen LogP contribution in [0, 0.1) is 6.92 Å². The predicted molar refractivity (Wildman–Crippen MR) is 59.8 cm³/mol. The lowest BCUT2D eigenvalue weighted by atomic mass is 10.1. The molecular formula is C11H17NO5. The van der Waals surface area contributed by atoms with Crippen molar-refractivity contribution in [2.75, 3.05) is 13.2 Å². The lowest BCUT2D eigenvalue weighted by molar-refractivity contribution is 0.0661. The number of carbonyl (C=O) groups is 1. The highest BCUT2D eigenvalue weighted by Gasteiger charge is 2.22. The van der Waals surface area contributed by atoms with E-state index in [-0.39, 0.29) is 19.0 Å². The molecule has 96 valence electrons. The van der Waals surface area contributed by atoms with E-state index in [1.807, 2.05) is 0 Å². The largest absolute Gasteiger partial charge is 0.475 e. The summed E-state index contributed by atoms with van der Waals surface area (Å²) in [5.41, 5.74) is -0.108. The summed E-state index contributed by atoms with van der Waals surface area (Å²) in [5, 5.41) is 29.9. The standard InChI is InChI=1S/C11H17NO5/c1-7-8(3-9(17-7)10(15)16)4-12-11(2,5-13)6-14/h3,12-14H,4-6H2,1-2H3,(H,15,16). The van der Waals surface area contributed by atoms with Crippen LogP contribution in [0.1, 0.15) is 28.8 Å². The second-order valence-electron chi connectivity index (χ2n) is 4.23. The first-order valence-corrected chi connectivity index (χ1v) is 5.21. The second-order valence-corrected chi connectivity index (χ2v) is 4.23. The topological polar surface area (TPSA) is 103 Å². The van der Waals surface area contributed by atoms with Crippen LogP contribution in [0.3, 0.4) is 0 Å². The van der Waals surface area contributed by atoms with E-state index in [1.54, 1.807) is 13.8 Å². The third kappa shape index (κ3) is 3.29. The summed E-state index contributed by atoms with van der Waals surface area (Å²) in [4.78, 5) is 10.7. The molecular weight excluding hydrogens is 226 g/mol. The summed E-state index contributed by atoms with van der Waals surface area (Å²) in [6, 6.07) is 1.43. The first-order valence-electron chi connectivity index (χ1n) is 5.21. The zero-order valence-corrected chi connectivity index (χ0v) is 9.86. The van der Waals surface area contributed by atoms with Crippen molar-refractivity contribution < 1.29 is 24.5 Å². The van der Waals surface area contributed by atoms with Gasteiger partial charge in [-0.15, -0.1) is 0 Å². The molecule has 0 radical (unpaired) electrons. The van der Waals surface area contributed by atoms with Crippen LogP contribution >= 0.6 is 0 Å². The Balaban J connectivity index is 2.72. The summed E-state index contributed by atoms with van der Waals surface area (Å²) in [6.45, 7) is 3.22. The molecule has 0 spiro atoms. The number of aliphatic hydroxyl groups is 2. The van der Waals surface area contributed by atoms with Gasteiger partial charge in [0, 0.05) is 12.1 Å². The molecule has 0 fully saturated rings. The molecule has 0 amide bonds. The zero-order chi connectivity index (χ0) is 13.1. The second kappa shape index (κ2) is 5.31. The lowest BCUT2D eigenvalue weighted by Gasteiger charge is -2.26. The Morgan fingerprint density at radius 1 is 1.47 bits per heavy atom. The van der Waals surface area contributed by atoms with Gasteiger partial charge in [0.25, 0.3) is 0 Å². The molecule has 0 unspecified atom stereocenters. The van der Waals surface area contributed by atoms with Crippen molar-refractivity contribution in [2.45, 2.75) is 25.9 Å². The van der Waals surface area contributed by atoms with Crippen molar-refractivity contribution in [2.24, 2.45) is 0 Å². The smallest absolute Gasteiger partial charge is 0.371 e. The normalized spacial score (nSPS) is 11.8. The molecule has 0 aliphatic rings. The fraction of sp³-hybridized carbons (Fsp3) is 0.545. The van der Waals surface area contributed by atoms with Crippen molar-refractivity contribution in [1.29, 1.82) is 0 Å². The number of carboxylic acids is 1. The summed E-state index contributed by atoms with van der Waals surface area (Å²) in [5.74, 6) is -0.728. The van der Waals surface area contributed by atoms with Crippen LogP contribution in [-0.2, 0) is 6.54 Å². The minimum absolute atomic E-state index is 0.117. The molecule has 0 saturated heterocycles. The van der Waals surface area contributed by atoms with Crippen molar-refractivity contribution in [1.82, 2.24) is 5.32 Å². The maximum absolute atomic E-state index is 10.7. The molecule has 1 rings (SSSR count). The Morgan fingerprint density at radius 2 is 2.06 bits per heavy atom. The third-order valence-corrected chi connectivity index (χ3v) is 2.63. The van der Waals surface area contributed by atoms with Gasteiger partial charge in [0.05, 0.1) is 18.8 Å². The van der Waals surface area contributed by atoms with Crippen LogP contribution < -0.4 is 5.32 Å². The number of aromatic carboxylic acids is 1. The van der Waals surface area contributed by atoms with Gasteiger partial charge in [-0.05, 0) is 19.9 Å². The molecule has 4 N–H and O–H groups in total. The highest BCUT2D eigenvalue weighted by atomic mass is 16.4. The van der Waals surface area contributed by atoms with E-state index in [0.717, 1.165) is 0 Å². The number of carboxylic acid groups (broad SMARTS) is 1. The first-order chi connectivity index (χ1) is 7.91. The highest BCUT2D eigenvalue weighted by molar-refractivity contribution is 5.84. The van der Waals surface area contributed by atoms with Crippen molar-refractivity contribution in [3.63, 3.8) is 0 Å². The highest BCUT2D eigenvalue weighted by Crippen LogP contribution is 2.15. The van der Waals surface area contributed by atoms with Gasteiger partial charge in [0.1, 0.15) is 5.76 Å². The number of aliphatic hydroxyl groups excluding tert-OH is 2. The average molecular weight is 243 g/mol. The molecule has 6 nitrogen and oxygen atoms in total. The molecule has 1 heterocycles. The van der Waals surface area contributed by atoms with E-state index < -0.39 is 11.5 Å². The fourth-order valence-corrected chi connectivity index (χ4v) is 1.27. The van der Waals surface area contributed by atoms with Gasteiger partial charge in [0.15, 0.2) is 0 Å². The van der Waals surface area contributed by atoms with E-state index in [2.05, 4.69) is 5.32 Å². The molecule has 0 aliphatic carbocycles. The Bertz CT molecular complexity index is 395. The van der Waals surface area contributed by atoms with Crippen molar-refractivity contribution in [3.05, 3.63) is 23.2 Å². The monoisotopic (exact) mass is 243 g/mol. The van der Waals surface area contributed by atoms with Crippen LogP contribution in [-0.4, -0.2) is 40.0 Å². The van der Waals surface area contributed by atoms with Gasteiger partial charge in [0.2, 0.25) is 5.76 Å².